The molecule has 3 rings (SSSR count). The lowest BCUT2D eigenvalue weighted by Gasteiger charge is -2.07. The molecular weight excluding hydrogens is 409 g/mol. The van der Waals surface area contributed by atoms with Gasteiger partial charge in [0.2, 0.25) is 0 Å². The third-order valence-electron chi connectivity index (χ3n) is 4.28. The van der Waals surface area contributed by atoms with E-state index < -0.39 is 0 Å². The van der Waals surface area contributed by atoms with E-state index in [9.17, 15) is 4.79 Å². The van der Waals surface area contributed by atoms with Crippen molar-refractivity contribution in [3.63, 3.8) is 0 Å². The fraction of sp³-hybridized carbons (Fsp3) is 0.174. The molecule has 1 amide bonds. The van der Waals surface area contributed by atoms with Gasteiger partial charge in [-0.3, -0.25) is 4.79 Å². The summed E-state index contributed by atoms with van der Waals surface area (Å²) in [6.45, 7) is 0.648. The van der Waals surface area contributed by atoms with E-state index >= 15 is 0 Å². The maximum absolute atomic E-state index is 12.3. The van der Waals surface area contributed by atoms with Crippen LogP contribution in [0.5, 0.6) is 0 Å². The number of nitrogens with one attached hydrogen (secondary N) is 1. The summed E-state index contributed by atoms with van der Waals surface area (Å²) in [6.07, 6.45) is 1.81. The third-order valence-corrected chi connectivity index (χ3v) is 5.86. The summed E-state index contributed by atoms with van der Waals surface area (Å²) >= 11 is 13.5. The molecule has 3 aromatic rings. The molecule has 0 fully saturated rings. The third kappa shape index (κ3) is 6.59. The van der Waals surface area contributed by atoms with Crippen molar-refractivity contribution in [2.75, 3.05) is 6.54 Å². The first-order valence-corrected chi connectivity index (χ1v) is 10.8. The highest BCUT2D eigenvalue weighted by Crippen LogP contribution is 2.24. The SMILES string of the molecule is O=C(NCCCc1ccc(Cl)cc1)c1ccc(CSc2ccc(Cl)cc2)cc1. The summed E-state index contributed by atoms with van der Waals surface area (Å²) in [5, 5.41) is 4.47. The van der Waals surface area contributed by atoms with E-state index in [-0.39, 0.29) is 5.91 Å². The summed E-state index contributed by atoms with van der Waals surface area (Å²) in [5.41, 5.74) is 3.09. The van der Waals surface area contributed by atoms with E-state index in [0.717, 1.165) is 28.6 Å². The molecule has 0 saturated heterocycles. The van der Waals surface area contributed by atoms with E-state index in [4.69, 9.17) is 23.2 Å². The smallest absolute Gasteiger partial charge is 0.251 e. The van der Waals surface area contributed by atoms with E-state index in [1.807, 2.05) is 72.8 Å². The van der Waals surface area contributed by atoms with Gasteiger partial charge in [0.25, 0.3) is 5.91 Å². The van der Waals surface area contributed by atoms with Gasteiger partial charge in [-0.05, 0) is 72.5 Å². The topological polar surface area (TPSA) is 29.1 Å². The van der Waals surface area contributed by atoms with Crippen molar-refractivity contribution in [1.82, 2.24) is 5.32 Å². The number of carbonyl (C=O) groups excluding carboxylic acids is 1. The maximum Gasteiger partial charge on any atom is 0.251 e. The summed E-state index contributed by atoms with van der Waals surface area (Å²) in [7, 11) is 0. The maximum atomic E-state index is 12.3. The largest absolute Gasteiger partial charge is 0.352 e. The normalized spacial score (nSPS) is 10.6. The van der Waals surface area contributed by atoms with E-state index in [2.05, 4.69) is 5.32 Å². The Kier molecular flexibility index (Phi) is 7.84. The number of amides is 1. The lowest BCUT2D eigenvalue weighted by Crippen LogP contribution is -2.24. The summed E-state index contributed by atoms with van der Waals surface area (Å²) in [5.74, 6) is 0.818. The van der Waals surface area contributed by atoms with Gasteiger partial charge in [-0.2, -0.15) is 0 Å². The number of hydrogen-bond acceptors (Lipinski definition) is 2. The van der Waals surface area contributed by atoms with Crippen LogP contribution in [-0.2, 0) is 12.2 Å². The van der Waals surface area contributed by atoms with Crippen molar-refractivity contribution in [3.05, 3.63) is 99.5 Å². The molecule has 0 aliphatic heterocycles. The second-order valence-electron chi connectivity index (χ2n) is 6.43. The molecule has 1 N–H and O–H groups in total. The van der Waals surface area contributed by atoms with Gasteiger partial charge in [0, 0.05) is 32.8 Å². The van der Waals surface area contributed by atoms with Gasteiger partial charge in [-0.25, -0.2) is 0 Å². The molecule has 0 aliphatic rings. The molecule has 0 spiro atoms. The van der Waals surface area contributed by atoms with Crippen LogP contribution in [0.3, 0.4) is 0 Å². The van der Waals surface area contributed by atoms with E-state index in [1.165, 1.54) is 16.0 Å². The van der Waals surface area contributed by atoms with Gasteiger partial charge < -0.3 is 5.32 Å². The van der Waals surface area contributed by atoms with Crippen molar-refractivity contribution >= 4 is 40.9 Å². The Hall–Kier alpha value is -1.94. The Morgan fingerprint density at radius 3 is 2.00 bits per heavy atom. The fourth-order valence-corrected chi connectivity index (χ4v) is 3.80. The monoisotopic (exact) mass is 429 g/mol. The molecule has 2 nitrogen and oxygen atoms in total. The molecule has 0 bridgehead atoms. The molecule has 0 atom stereocenters. The van der Waals surface area contributed by atoms with Crippen LogP contribution in [0.1, 0.15) is 27.9 Å². The van der Waals surface area contributed by atoms with Crippen LogP contribution >= 0.6 is 35.0 Å². The first kappa shape index (κ1) is 20.8. The summed E-state index contributed by atoms with van der Waals surface area (Å²) in [4.78, 5) is 13.5. The zero-order valence-electron chi connectivity index (χ0n) is 15.3. The molecule has 3 aromatic carbocycles. The lowest BCUT2D eigenvalue weighted by molar-refractivity contribution is 0.0953. The van der Waals surface area contributed by atoms with E-state index in [0.29, 0.717) is 12.1 Å². The van der Waals surface area contributed by atoms with Crippen molar-refractivity contribution in [2.45, 2.75) is 23.5 Å². The first-order valence-electron chi connectivity index (χ1n) is 9.10. The molecule has 5 heteroatoms. The molecule has 28 heavy (non-hydrogen) atoms. The second-order valence-corrected chi connectivity index (χ2v) is 8.35. The van der Waals surface area contributed by atoms with Crippen molar-refractivity contribution in [2.24, 2.45) is 0 Å². The Bertz CT molecular complexity index is 893. The molecule has 0 radical (unpaired) electrons. The predicted molar refractivity (Wildman–Crippen MR) is 120 cm³/mol. The molecule has 0 aromatic heterocycles. The summed E-state index contributed by atoms with van der Waals surface area (Å²) in [6, 6.07) is 23.4. The first-order chi connectivity index (χ1) is 13.6. The van der Waals surface area contributed by atoms with Crippen LogP contribution in [0.25, 0.3) is 0 Å². The fourth-order valence-electron chi connectivity index (χ4n) is 2.70. The molecule has 144 valence electrons. The highest BCUT2D eigenvalue weighted by molar-refractivity contribution is 7.98. The number of hydrogen-bond donors (Lipinski definition) is 1. The van der Waals surface area contributed by atoms with Crippen molar-refractivity contribution < 1.29 is 4.79 Å². The molecule has 0 heterocycles. The average Bonchev–Trinajstić information content (AvgIpc) is 2.72. The predicted octanol–water partition coefficient (Wildman–Crippen LogP) is 6.65. The van der Waals surface area contributed by atoms with Crippen LogP contribution in [-0.4, -0.2) is 12.5 Å². The summed E-state index contributed by atoms with van der Waals surface area (Å²) < 4.78 is 0. The standard InChI is InChI=1S/C23H21Cl2NOS/c24-20-9-5-17(6-10-20)2-1-15-26-23(27)19-7-3-18(4-8-19)16-28-22-13-11-21(25)12-14-22/h3-14H,1-2,15-16H2,(H,26,27). The van der Waals surface area contributed by atoms with Gasteiger partial charge >= 0.3 is 0 Å². The second kappa shape index (κ2) is 10.6. The Morgan fingerprint density at radius 2 is 1.36 bits per heavy atom. The van der Waals surface area contributed by atoms with Crippen LogP contribution in [0.4, 0.5) is 0 Å². The van der Waals surface area contributed by atoms with Gasteiger partial charge in [-0.15, -0.1) is 11.8 Å². The molecular formula is C23H21Cl2NOS. The molecule has 0 aliphatic carbocycles. The highest BCUT2D eigenvalue weighted by atomic mass is 35.5. The number of rotatable bonds is 8. The van der Waals surface area contributed by atoms with Gasteiger partial charge in [0.15, 0.2) is 0 Å². The Balaban J connectivity index is 1.41. The van der Waals surface area contributed by atoms with Crippen molar-refractivity contribution in [3.8, 4) is 0 Å². The molecule has 0 saturated carbocycles. The number of aryl methyl sites for hydroxylation is 1. The van der Waals surface area contributed by atoms with Crippen LogP contribution in [0, 0.1) is 0 Å². The lowest BCUT2D eigenvalue weighted by atomic mass is 10.1. The average molecular weight is 430 g/mol. The Labute approximate surface area is 180 Å². The Morgan fingerprint density at radius 1 is 0.786 bits per heavy atom. The number of carbonyl (C=O) groups is 1. The minimum absolute atomic E-state index is 0.0342. The van der Waals surface area contributed by atoms with Gasteiger partial charge in [-0.1, -0.05) is 47.5 Å². The quantitative estimate of drug-likeness (QED) is 0.320. The zero-order valence-corrected chi connectivity index (χ0v) is 17.7. The minimum atomic E-state index is -0.0342. The van der Waals surface area contributed by atoms with Gasteiger partial charge in [0.05, 0.1) is 0 Å². The van der Waals surface area contributed by atoms with Crippen LogP contribution in [0.15, 0.2) is 77.7 Å². The van der Waals surface area contributed by atoms with Gasteiger partial charge in [0.1, 0.15) is 0 Å². The van der Waals surface area contributed by atoms with Crippen molar-refractivity contribution in [1.29, 1.82) is 0 Å². The van der Waals surface area contributed by atoms with Crippen LogP contribution in [0.2, 0.25) is 10.0 Å². The number of halogens is 2. The van der Waals surface area contributed by atoms with E-state index in [1.54, 1.807) is 11.8 Å². The molecule has 0 unspecified atom stereocenters. The van der Waals surface area contributed by atoms with Crippen LogP contribution < -0.4 is 5.32 Å². The zero-order chi connectivity index (χ0) is 19.8. The number of thioether (sulfide) groups is 1. The minimum Gasteiger partial charge on any atom is -0.352 e. The highest BCUT2D eigenvalue weighted by Gasteiger charge is 2.05. The number of benzene rings is 3.